The van der Waals surface area contributed by atoms with Crippen molar-refractivity contribution in [2.24, 2.45) is 0 Å². The van der Waals surface area contributed by atoms with Gasteiger partial charge in [0.15, 0.2) is 5.82 Å². The van der Waals surface area contributed by atoms with Crippen LogP contribution in [-0.2, 0) is 14.9 Å². The topological polar surface area (TPSA) is 67.0 Å². The van der Waals surface area contributed by atoms with E-state index in [9.17, 15) is 4.79 Å². The minimum atomic E-state index is -0.315. The van der Waals surface area contributed by atoms with Gasteiger partial charge >= 0.3 is 0 Å². The minimum absolute atomic E-state index is 0.000163. The summed E-state index contributed by atoms with van der Waals surface area (Å²) in [6.07, 6.45) is 1.43. The van der Waals surface area contributed by atoms with Gasteiger partial charge in [-0.05, 0) is 12.8 Å². The van der Waals surface area contributed by atoms with Gasteiger partial charge in [-0.3, -0.25) is 9.89 Å². The number of carbonyl (C=O) groups excluding carboxylic acids is 1. The number of hydrogen-bond acceptors (Lipinski definition) is 3. The van der Waals surface area contributed by atoms with Crippen LogP contribution in [0.2, 0.25) is 0 Å². The van der Waals surface area contributed by atoms with E-state index in [2.05, 4.69) is 36.3 Å². The molecular weight excluding hydrogens is 218 g/mol. The van der Waals surface area contributed by atoms with Gasteiger partial charge < -0.3 is 10.1 Å². The van der Waals surface area contributed by atoms with Crippen LogP contribution in [0.3, 0.4) is 0 Å². The van der Waals surface area contributed by atoms with Crippen LogP contribution < -0.4 is 5.32 Å². The van der Waals surface area contributed by atoms with E-state index < -0.39 is 0 Å². The molecule has 0 radical (unpaired) electrons. The third kappa shape index (κ3) is 2.85. The van der Waals surface area contributed by atoms with Gasteiger partial charge in [-0.1, -0.05) is 20.8 Å². The van der Waals surface area contributed by atoms with E-state index in [1.807, 2.05) is 6.07 Å². The van der Waals surface area contributed by atoms with Crippen LogP contribution in [0, 0.1) is 0 Å². The van der Waals surface area contributed by atoms with Crippen LogP contribution in [0.5, 0.6) is 0 Å². The molecule has 1 amide bonds. The Kier molecular flexibility index (Phi) is 3.19. The number of carbonyl (C=O) groups is 1. The van der Waals surface area contributed by atoms with E-state index in [0.29, 0.717) is 12.4 Å². The number of rotatable bonds is 2. The molecule has 2 N–H and O–H groups in total. The molecule has 0 saturated carbocycles. The molecule has 0 spiro atoms. The number of amides is 1. The first-order chi connectivity index (χ1) is 7.97. The van der Waals surface area contributed by atoms with Crippen molar-refractivity contribution in [3.8, 4) is 0 Å². The normalized spacial score (nSPS) is 20.5. The van der Waals surface area contributed by atoms with E-state index in [4.69, 9.17) is 4.74 Å². The first kappa shape index (κ1) is 12.1. The first-order valence-corrected chi connectivity index (χ1v) is 5.95. The largest absolute Gasteiger partial charge is 0.368 e. The van der Waals surface area contributed by atoms with Gasteiger partial charge in [0, 0.05) is 23.8 Å². The van der Waals surface area contributed by atoms with Crippen LogP contribution in [0.1, 0.15) is 39.3 Å². The summed E-state index contributed by atoms with van der Waals surface area (Å²) in [6.45, 7) is 6.94. The van der Waals surface area contributed by atoms with E-state index in [1.54, 1.807) is 0 Å². The summed E-state index contributed by atoms with van der Waals surface area (Å²) < 4.78 is 5.31. The van der Waals surface area contributed by atoms with Crippen molar-refractivity contribution in [3.63, 3.8) is 0 Å². The number of hydrogen-bond donors (Lipinski definition) is 2. The first-order valence-electron chi connectivity index (χ1n) is 5.95. The third-order valence-corrected chi connectivity index (χ3v) is 2.86. The molecule has 1 unspecified atom stereocenters. The monoisotopic (exact) mass is 237 g/mol. The molecule has 1 atom stereocenters. The van der Waals surface area contributed by atoms with Crippen molar-refractivity contribution in [2.45, 2.75) is 45.1 Å². The number of H-pyrrole nitrogens is 1. The van der Waals surface area contributed by atoms with Crippen LogP contribution in [0.4, 0.5) is 5.82 Å². The van der Waals surface area contributed by atoms with E-state index in [1.165, 1.54) is 0 Å². The van der Waals surface area contributed by atoms with Crippen molar-refractivity contribution in [1.82, 2.24) is 10.2 Å². The predicted octanol–water partition coefficient (Wildman–Crippen LogP) is 1.82. The molecule has 5 nitrogen and oxygen atoms in total. The number of nitrogens with zero attached hydrogens (tertiary/aromatic N) is 1. The van der Waals surface area contributed by atoms with E-state index in [0.717, 1.165) is 18.5 Å². The maximum atomic E-state index is 11.8. The lowest BCUT2D eigenvalue weighted by atomic mass is 9.92. The average Bonchev–Trinajstić information content (AvgIpc) is 2.85. The molecule has 1 aliphatic heterocycles. The standard InChI is InChI=1S/C12H19N3O2/c1-12(2,3)9-7-10(15-14-9)13-11(16)8-5-4-6-17-8/h7-8H,4-6H2,1-3H3,(H2,13,14,15,16). The Morgan fingerprint density at radius 1 is 1.59 bits per heavy atom. The van der Waals surface area contributed by atoms with Crippen molar-refractivity contribution >= 4 is 11.7 Å². The maximum Gasteiger partial charge on any atom is 0.254 e. The van der Waals surface area contributed by atoms with Gasteiger partial charge in [0.2, 0.25) is 0 Å². The van der Waals surface area contributed by atoms with Crippen LogP contribution in [-0.4, -0.2) is 28.8 Å². The van der Waals surface area contributed by atoms with Gasteiger partial charge in [0.05, 0.1) is 0 Å². The van der Waals surface area contributed by atoms with Gasteiger partial charge in [-0.2, -0.15) is 5.10 Å². The highest BCUT2D eigenvalue weighted by molar-refractivity contribution is 5.93. The molecule has 17 heavy (non-hydrogen) atoms. The van der Waals surface area contributed by atoms with Gasteiger partial charge in [0.1, 0.15) is 6.10 Å². The highest BCUT2D eigenvalue weighted by atomic mass is 16.5. The zero-order chi connectivity index (χ0) is 12.5. The van der Waals surface area contributed by atoms with Crippen LogP contribution >= 0.6 is 0 Å². The second kappa shape index (κ2) is 4.49. The lowest BCUT2D eigenvalue weighted by Crippen LogP contribution is -2.26. The van der Waals surface area contributed by atoms with Crippen molar-refractivity contribution in [2.75, 3.05) is 11.9 Å². The van der Waals surface area contributed by atoms with Gasteiger partial charge in [-0.15, -0.1) is 0 Å². The summed E-state index contributed by atoms with van der Waals surface area (Å²) in [5.41, 5.74) is 1.000. The zero-order valence-corrected chi connectivity index (χ0v) is 10.5. The van der Waals surface area contributed by atoms with Crippen molar-refractivity contribution in [1.29, 1.82) is 0 Å². The fraction of sp³-hybridized carbons (Fsp3) is 0.667. The summed E-state index contributed by atoms with van der Waals surface area (Å²) in [4.78, 5) is 11.8. The Hall–Kier alpha value is -1.36. The second-order valence-corrected chi connectivity index (χ2v) is 5.41. The fourth-order valence-electron chi connectivity index (χ4n) is 1.76. The Labute approximate surface area is 101 Å². The van der Waals surface area contributed by atoms with E-state index in [-0.39, 0.29) is 17.4 Å². The summed E-state index contributed by atoms with van der Waals surface area (Å²) in [5.74, 6) is 0.463. The average molecular weight is 237 g/mol. The van der Waals surface area contributed by atoms with Crippen molar-refractivity contribution in [3.05, 3.63) is 11.8 Å². The summed E-state index contributed by atoms with van der Waals surface area (Å²) >= 11 is 0. The second-order valence-electron chi connectivity index (χ2n) is 5.41. The zero-order valence-electron chi connectivity index (χ0n) is 10.5. The molecule has 1 fully saturated rings. The molecule has 0 aromatic carbocycles. The summed E-state index contributed by atoms with van der Waals surface area (Å²) in [6, 6.07) is 1.87. The van der Waals surface area contributed by atoms with Crippen LogP contribution in [0.25, 0.3) is 0 Å². The molecule has 5 heteroatoms. The summed E-state index contributed by atoms with van der Waals surface area (Å²) in [5, 5.41) is 9.79. The third-order valence-electron chi connectivity index (χ3n) is 2.86. The summed E-state index contributed by atoms with van der Waals surface area (Å²) in [7, 11) is 0. The highest BCUT2D eigenvalue weighted by Gasteiger charge is 2.24. The predicted molar refractivity (Wildman–Crippen MR) is 64.9 cm³/mol. The Morgan fingerprint density at radius 2 is 2.35 bits per heavy atom. The lowest BCUT2D eigenvalue weighted by molar-refractivity contribution is -0.124. The number of anilines is 1. The number of nitrogens with one attached hydrogen (secondary N) is 2. The molecule has 0 aliphatic carbocycles. The lowest BCUT2D eigenvalue weighted by Gasteiger charge is -2.14. The molecule has 0 bridgehead atoms. The quantitative estimate of drug-likeness (QED) is 0.824. The molecule has 1 aliphatic rings. The molecule has 1 aromatic rings. The van der Waals surface area contributed by atoms with Gasteiger partial charge in [-0.25, -0.2) is 0 Å². The number of ether oxygens (including phenoxy) is 1. The molecular formula is C12H19N3O2. The molecule has 2 rings (SSSR count). The number of aromatic amines is 1. The van der Waals surface area contributed by atoms with E-state index >= 15 is 0 Å². The van der Waals surface area contributed by atoms with Gasteiger partial charge in [0.25, 0.3) is 5.91 Å². The minimum Gasteiger partial charge on any atom is -0.368 e. The Morgan fingerprint density at radius 3 is 2.88 bits per heavy atom. The smallest absolute Gasteiger partial charge is 0.254 e. The molecule has 94 valence electrons. The maximum absolute atomic E-state index is 11.8. The Bertz CT molecular complexity index is 400. The SMILES string of the molecule is CC(C)(C)c1cc(NC(=O)C2CCCO2)n[nH]1. The highest BCUT2D eigenvalue weighted by Crippen LogP contribution is 2.22. The fourth-order valence-corrected chi connectivity index (χ4v) is 1.76. The number of aromatic nitrogens is 2. The molecule has 1 aromatic heterocycles. The van der Waals surface area contributed by atoms with Crippen molar-refractivity contribution < 1.29 is 9.53 Å². The molecule has 2 heterocycles. The Balaban J connectivity index is 1.99. The molecule has 1 saturated heterocycles. The van der Waals surface area contributed by atoms with Crippen LogP contribution in [0.15, 0.2) is 6.07 Å².